The molecule has 0 aliphatic carbocycles. The Morgan fingerprint density at radius 3 is 2.71 bits per heavy atom. The van der Waals surface area contributed by atoms with Gasteiger partial charge in [0.15, 0.2) is 5.65 Å². The van der Waals surface area contributed by atoms with Crippen LogP contribution in [0.1, 0.15) is 24.1 Å². The molecule has 5 rings (SSSR count). The third kappa shape index (κ3) is 4.27. The van der Waals surface area contributed by atoms with Gasteiger partial charge in [-0.15, -0.1) is 0 Å². The largest absolute Gasteiger partial charge is 0.453 e. The predicted octanol–water partition coefficient (Wildman–Crippen LogP) is 4.08. The summed E-state index contributed by atoms with van der Waals surface area (Å²) in [7, 11) is 1.38. The van der Waals surface area contributed by atoms with E-state index in [1.807, 2.05) is 19.1 Å². The lowest BCUT2D eigenvalue weighted by atomic mass is 10.0. The lowest BCUT2D eigenvalue weighted by Crippen LogP contribution is -2.49. The fraction of sp³-hybridized carbons (Fsp3) is 0.320. The molecule has 3 aromatic heterocycles. The van der Waals surface area contributed by atoms with Crippen LogP contribution in [0.2, 0.25) is 0 Å². The number of carbonyl (C=O) groups excluding carboxylic acids is 1. The van der Waals surface area contributed by atoms with Gasteiger partial charge in [-0.05, 0) is 44.2 Å². The van der Waals surface area contributed by atoms with Crippen LogP contribution in [-0.2, 0) is 4.74 Å². The molecule has 1 atom stereocenters. The van der Waals surface area contributed by atoms with Crippen molar-refractivity contribution >= 4 is 39.7 Å². The number of aryl methyl sites for hydroxylation is 1. The van der Waals surface area contributed by atoms with Crippen LogP contribution < -0.4 is 10.2 Å². The molecule has 0 unspecified atom stereocenters. The molecule has 10 heteroatoms. The third-order valence-corrected chi connectivity index (χ3v) is 6.42. The number of amides is 1. The van der Waals surface area contributed by atoms with Crippen LogP contribution in [0.25, 0.3) is 21.9 Å². The predicted molar refractivity (Wildman–Crippen MR) is 132 cm³/mol. The minimum atomic E-state index is -0.339. The van der Waals surface area contributed by atoms with Crippen LogP contribution >= 0.6 is 0 Å². The second-order valence-electron chi connectivity index (χ2n) is 8.55. The van der Waals surface area contributed by atoms with Crippen molar-refractivity contribution in [2.45, 2.75) is 19.9 Å². The smallest absolute Gasteiger partial charge is 0.409 e. The molecule has 0 saturated carbocycles. The number of rotatable bonds is 4. The van der Waals surface area contributed by atoms with E-state index in [-0.39, 0.29) is 18.0 Å². The van der Waals surface area contributed by atoms with E-state index in [1.54, 1.807) is 24.1 Å². The fourth-order valence-corrected chi connectivity index (χ4v) is 4.46. The molecule has 1 amide bonds. The van der Waals surface area contributed by atoms with E-state index in [0.717, 1.165) is 22.2 Å². The number of hydrogen-bond donors (Lipinski definition) is 1. The molecule has 0 spiro atoms. The van der Waals surface area contributed by atoms with E-state index in [1.165, 1.54) is 19.5 Å². The van der Waals surface area contributed by atoms with E-state index in [2.05, 4.69) is 31.2 Å². The van der Waals surface area contributed by atoms with Crippen LogP contribution in [-0.4, -0.2) is 64.2 Å². The summed E-state index contributed by atoms with van der Waals surface area (Å²) in [6.45, 7) is 5.98. The maximum atomic E-state index is 14.4. The summed E-state index contributed by atoms with van der Waals surface area (Å²) in [5.74, 6) is 1.14. The highest BCUT2D eigenvalue weighted by molar-refractivity contribution is 5.87. The Bertz CT molecular complexity index is 1400. The molecule has 180 valence electrons. The Morgan fingerprint density at radius 1 is 1.14 bits per heavy atom. The Hall–Kier alpha value is -4.08. The minimum Gasteiger partial charge on any atom is -0.453 e. The van der Waals surface area contributed by atoms with Gasteiger partial charge in [0, 0.05) is 48.9 Å². The van der Waals surface area contributed by atoms with Crippen molar-refractivity contribution in [3.63, 3.8) is 0 Å². The molecule has 0 radical (unpaired) electrons. The first-order valence-electron chi connectivity index (χ1n) is 11.5. The van der Waals surface area contributed by atoms with Crippen molar-refractivity contribution in [3.8, 4) is 0 Å². The zero-order chi connectivity index (χ0) is 24.5. The van der Waals surface area contributed by atoms with E-state index < -0.39 is 0 Å². The van der Waals surface area contributed by atoms with Gasteiger partial charge >= 0.3 is 6.09 Å². The average Bonchev–Trinajstić information content (AvgIpc) is 2.90. The Balaban J connectivity index is 1.54. The second-order valence-corrected chi connectivity index (χ2v) is 8.55. The van der Waals surface area contributed by atoms with Crippen molar-refractivity contribution in [1.29, 1.82) is 0 Å². The lowest BCUT2D eigenvalue weighted by molar-refractivity contribution is 0.121. The summed E-state index contributed by atoms with van der Waals surface area (Å²) in [6, 6.07) is 8.88. The van der Waals surface area contributed by atoms with E-state index in [0.29, 0.717) is 48.7 Å². The maximum absolute atomic E-state index is 14.4. The molecule has 1 saturated heterocycles. The number of aromatic nitrogens is 4. The quantitative estimate of drug-likeness (QED) is 0.472. The average molecular weight is 476 g/mol. The van der Waals surface area contributed by atoms with E-state index in [4.69, 9.17) is 9.72 Å². The summed E-state index contributed by atoms with van der Waals surface area (Å²) >= 11 is 0. The van der Waals surface area contributed by atoms with Gasteiger partial charge in [-0.2, -0.15) is 0 Å². The molecule has 1 aromatic carbocycles. The molecule has 4 aromatic rings. The number of piperazine rings is 1. The molecule has 35 heavy (non-hydrogen) atoms. The Labute approximate surface area is 202 Å². The summed E-state index contributed by atoms with van der Waals surface area (Å²) < 4.78 is 19.2. The van der Waals surface area contributed by atoms with Gasteiger partial charge in [0.05, 0.1) is 24.1 Å². The number of benzene rings is 1. The summed E-state index contributed by atoms with van der Waals surface area (Å²) in [4.78, 5) is 33.7. The Morgan fingerprint density at radius 2 is 1.94 bits per heavy atom. The maximum Gasteiger partial charge on any atom is 0.409 e. The molecule has 1 aliphatic heterocycles. The molecular formula is C25H26FN7O2. The highest BCUT2D eigenvalue weighted by Gasteiger charge is 2.26. The molecule has 9 nitrogen and oxygen atoms in total. The topological polar surface area (TPSA) is 96.4 Å². The van der Waals surface area contributed by atoms with Gasteiger partial charge in [0.25, 0.3) is 0 Å². The first-order valence-corrected chi connectivity index (χ1v) is 11.5. The molecule has 0 bridgehead atoms. The second kappa shape index (κ2) is 9.28. The number of methoxy groups -OCH3 is 1. The standard InChI is InChI=1S/C25H26FN7O2/c1-15-20(26)7-6-17-13-19(16(2)30-23-18-5-4-8-27-22(18)28-14-29-23)24(31-21(15)17)32-9-11-33(12-10-32)25(34)35-3/h4-8,13-14,16H,9-12H2,1-3H3,(H,27,28,29,30)/t16-/m0/s1. The highest BCUT2D eigenvalue weighted by atomic mass is 19.1. The van der Waals surface area contributed by atoms with Crippen LogP contribution in [0.5, 0.6) is 0 Å². The number of carbonyl (C=O) groups is 1. The van der Waals surface area contributed by atoms with Crippen LogP contribution in [0.4, 0.5) is 20.8 Å². The number of hydrogen-bond acceptors (Lipinski definition) is 8. The minimum absolute atomic E-state index is 0.177. The van der Waals surface area contributed by atoms with Crippen molar-refractivity contribution in [2.75, 3.05) is 43.5 Å². The summed E-state index contributed by atoms with van der Waals surface area (Å²) in [6.07, 6.45) is 2.85. The number of ether oxygens (including phenoxy) is 1. The summed E-state index contributed by atoms with van der Waals surface area (Å²) in [5, 5.41) is 5.17. The van der Waals surface area contributed by atoms with Crippen molar-refractivity contribution in [2.24, 2.45) is 0 Å². The van der Waals surface area contributed by atoms with E-state index >= 15 is 0 Å². The van der Waals surface area contributed by atoms with Gasteiger partial charge in [0.1, 0.15) is 23.8 Å². The number of nitrogens with one attached hydrogen (secondary N) is 1. The Kier molecular flexibility index (Phi) is 6.02. The van der Waals surface area contributed by atoms with Gasteiger partial charge in [0.2, 0.25) is 0 Å². The monoisotopic (exact) mass is 475 g/mol. The van der Waals surface area contributed by atoms with Gasteiger partial charge < -0.3 is 19.9 Å². The highest BCUT2D eigenvalue weighted by Crippen LogP contribution is 2.33. The number of halogens is 1. The normalized spacial score (nSPS) is 14.9. The first-order chi connectivity index (χ1) is 17.0. The van der Waals surface area contributed by atoms with Crippen molar-refractivity contribution in [3.05, 3.63) is 59.8 Å². The fourth-order valence-electron chi connectivity index (χ4n) is 4.46. The molecule has 4 heterocycles. The zero-order valence-electron chi connectivity index (χ0n) is 19.8. The van der Waals surface area contributed by atoms with Crippen LogP contribution in [0.3, 0.4) is 0 Å². The van der Waals surface area contributed by atoms with Gasteiger partial charge in [-0.1, -0.05) is 0 Å². The SMILES string of the molecule is COC(=O)N1CCN(c2nc3c(C)c(F)ccc3cc2[C@H](C)Nc2ncnc3ncccc23)CC1. The number of anilines is 2. The molecular weight excluding hydrogens is 449 g/mol. The zero-order valence-corrected chi connectivity index (χ0v) is 19.8. The molecule has 1 fully saturated rings. The lowest BCUT2D eigenvalue weighted by Gasteiger charge is -2.36. The van der Waals surface area contributed by atoms with Gasteiger partial charge in [-0.3, -0.25) is 0 Å². The third-order valence-electron chi connectivity index (χ3n) is 6.42. The summed E-state index contributed by atoms with van der Waals surface area (Å²) in [5.41, 5.74) is 2.70. The van der Waals surface area contributed by atoms with Gasteiger partial charge in [-0.25, -0.2) is 29.1 Å². The first kappa shape index (κ1) is 22.7. The molecule has 1 aliphatic rings. The number of pyridine rings is 2. The number of fused-ring (bicyclic) bond motifs is 2. The van der Waals surface area contributed by atoms with Crippen LogP contribution in [0.15, 0.2) is 42.9 Å². The molecule has 1 N–H and O–H groups in total. The van der Waals surface area contributed by atoms with Crippen LogP contribution in [0, 0.1) is 12.7 Å². The number of nitrogens with zero attached hydrogens (tertiary/aromatic N) is 6. The van der Waals surface area contributed by atoms with Crippen molar-refractivity contribution < 1.29 is 13.9 Å². The van der Waals surface area contributed by atoms with Crippen molar-refractivity contribution in [1.82, 2.24) is 24.8 Å². The van der Waals surface area contributed by atoms with E-state index in [9.17, 15) is 9.18 Å².